The Labute approximate surface area is 126 Å². The summed E-state index contributed by atoms with van der Waals surface area (Å²) in [6, 6.07) is 9.27. The Morgan fingerprint density at radius 2 is 2.19 bits per heavy atom. The molecule has 1 unspecified atom stereocenters. The zero-order chi connectivity index (χ0) is 14.7. The van der Waals surface area contributed by atoms with Gasteiger partial charge in [0.05, 0.1) is 6.21 Å². The summed E-state index contributed by atoms with van der Waals surface area (Å²) in [5, 5.41) is 5.94. The van der Waals surface area contributed by atoms with Crippen molar-refractivity contribution >= 4 is 23.5 Å². The van der Waals surface area contributed by atoms with Crippen LogP contribution in [0.5, 0.6) is 11.5 Å². The van der Waals surface area contributed by atoms with Crippen LogP contribution < -0.4 is 14.9 Å². The van der Waals surface area contributed by atoms with Crippen LogP contribution in [0.25, 0.3) is 0 Å². The minimum Gasteiger partial charge on any atom is -0.485 e. The van der Waals surface area contributed by atoms with Crippen LogP contribution in [0.4, 0.5) is 0 Å². The van der Waals surface area contributed by atoms with E-state index in [0.29, 0.717) is 11.5 Å². The van der Waals surface area contributed by atoms with Crippen molar-refractivity contribution in [3.05, 3.63) is 46.2 Å². The number of hydrazone groups is 1. The lowest BCUT2D eigenvalue weighted by molar-refractivity contribution is -0.130. The molecule has 1 atom stereocenters. The Morgan fingerprint density at radius 3 is 2.95 bits per heavy atom. The Morgan fingerprint density at radius 1 is 1.38 bits per heavy atom. The van der Waals surface area contributed by atoms with Gasteiger partial charge in [-0.3, -0.25) is 4.79 Å². The molecule has 0 aliphatic carbocycles. The Balaban J connectivity index is 1.60. The summed E-state index contributed by atoms with van der Waals surface area (Å²) in [5.74, 6) is 0.899. The molecule has 0 bridgehead atoms. The van der Waals surface area contributed by atoms with Crippen LogP contribution in [0.3, 0.4) is 0 Å². The first kappa shape index (κ1) is 13.6. The molecule has 1 aromatic heterocycles. The third-order valence-corrected chi connectivity index (χ3v) is 4.01. The second-order valence-corrected chi connectivity index (χ2v) is 5.51. The average molecular weight is 302 g/mol. The summed E-state index contributed by atoms with van der Waals surface area (Å²) in [7, 11) is 0. The van der Waals surface area contributed by atoms with Crippen molar-refractivity contribution in [2.45, 2.75) is 13.0 Å². The van der Waals surface area contributed by atoms with Gasteiger partial charge in [0, 0.05) is 4.88 Å². The number of amides is 1. The number of nitrogens with one attached hydrogen (secondary N) is 1. The average Bonchev–Trinajstić information content (AvgIpc) is 2.92. The van der Waals surface area contributed by atoms with E-state index < -0.39 is 6.10 Å². The molecule has 1 aromatic carbocycles. The van der Waals surface area contributed by atoms with Crippen LogP contribution in [0, 0.1) is 6.92 Å². The highest BCUT2D eigenvalue weighted by Crippen LogP contribution is 2.30. The van der Waals surface area contributed by atoms with E-state index in [2.05, 4.69) is 10.5 Å². The first-order chi connectivity index (χ1) is 10.2. The van der Waals surface area contributed by atoms with Gasteiger partial charge in [-0.05, 0) is 36.1 Å². The van der Waals surface area contributed by atoms with Crippen LogP contribution in [-0.2, 0) is 4.79 Å². The largest absolute Gasteiger partial charge is 0.485 e. The van der Waals surface area contributed by atoms with Crippen molar-refractivity contribution in [1.29, 1.82) is 0 Å². The number of para-hydroxylation sites is 2. The van der Waals surface area contributed by atoms with E-state index in [9.17, 15) is 4.79 Å². The fourth-order valence-corrected chi connectivity index (χ4v) is 2.68. The molecule has 21 heavy (non-hydrogen) atoms. The monoisotopic (exact) mass is 302 g/mol. The second-order valence-electron chi connectivity index (χ2n) is 4.57. The lowest BCUT2D eigenvalue weighted by atomic mass is 10.2. The standard InChI is InChI=1S/C15H14N2O3S/c1-10-6-7-21-14(10)8-16-17-15(18)13-9-19-11-4-2-3-5-12(11)20-13/h2-8,13H,9H2,1H3,(H,17,18). The molecule has 0 saturated carbocycles. The molecule has 1 aliphatic rings. The molecule has 6 heteroatoms. The number of fused-ring (bicyclic) bond motifs is 1. The number of hydrogen-bond acceptors (Lipinski definition) is 5. The van der Waals surface area contributed by atoms with E-state index in [1.807, 2.05) is 30.5 Å². The molecular weight excluding hydrogens is 288 g/mol. The molecule has 0 saturated heterocycles. The summed E-state index contributed by atoms with van der Waals surface area (Å²) in [6.07, 6.45) is 0.941. The van der Waals surface area contributed by atoms with Crippen LogP contribution in [0.15, 0.2) is 40.8 Å². The number of benzene rings is 1. The highest BCUT2D eigenvalue weighted by Gasteiger charge is 2.26. The van der Waals surface area contributed by atoms with Gasteiger partial charge in [0.1, 0.15) is 6.61 Å². The maximum absolute atomic E-state index is 12.0. The molecule has 2 aromatic rings. The van der Waals surface area contributed by atoms with E-state index in [1.54, 1.807) is 29.7 Å². The van der Waals surface area contributed by atoms with Crippen molar-refractivity contribution in [2.24, 2.45) is 5.10 Å². The number of hydrogen-bond donors (Lipinski definition) is 1. The van der Waals surface area contributed by atoms with Gasteiger partial charge >= 0.3 is 0 Å². The molecule has 0 spiro atoms. The van der Waals surface area contributed by atoms with Crippen LogP contribution in [0.1, 0.15) is 10.4 Å². The van der Waals surface area contributed by atoms with Gasteiger partial charge in [-0.2, -0.15) is 5.10 Å². The molecular formula is C15H14N2O3S. The topological polar surface area (TPSA) is 59.9 Å². The van der Waals surface area contributed by atoms with Gasteiger partial charge in [-0.15, -0.1) is 11.3 Å². The summed E-state index contributed by atoms with van der Waals surface area (Å²) < 4.78 is 11.1. The fraction of sp³-hybridized carbons (Fsp3) is 0.200. The van der Waals surface area contributed by atoms with Crippen LogP contribution >= 0.6 is 11.3 Å². The SMILES string of the molecule is Cc1ccsc1C=NNC(=O)C1COc2ccccc2O1. The van der Waals surface area contributed by atoms with Gasteiger partial charge in [0.2, 0.25) is 6.10 Å². The minimum atomic E-state index is -0.693. The molecule has 1 amide bonds. The molecule has 1 aliphatic heterocycles. The van der Waals surface area contributed by atoms with E-state index in [-0.39, 0.29) is 12.5 Å². The van der Waals surface area contributed by atoms with Gasteiger partial charge in [-0.1, -0.05) is 12.1 Å². The smallest absolute Gasteiger partial charge is 0.284 e. The third-order valence-electron chi connectivity index (χ3n) is 3.06. The van der Waals surface area contributed by atoms with E-state index in [1.165, 1.54) is 0 Å². The van der Waals surface area contributed by atoms with Crippen LogP contribution in [-0.4, -0.2) is 24.8 Å². The number of ether oxygens (including phenoxy) is 2. The van der Waals surface area contributed by atoms with Gasteiger partial charge < -0.3 is 9.47 Å². The maximum atomic E-state index is 12.0. The van der Waals surface area contributed by atoms with Crippen molar-refractivity contribution in [3.63, 3.8) is 0 Å². The van der Waals surface area contributed by atoms with E-state index in [0.717, 1.165) is 10.4 Å². The van der Waals surface area contributed by atoms with Crippen molar-refractivity contribution in [2.75, 3.05) is 6.61 Å². The number of carbonyl (C=O) groups excluding carboxylic acids is 1. The van der Waals surface area contributed by atoms with Crippen LogP contribution in [0.2, 0.25) is 0 Å². The molecule has 0 radical (unpaired) electrons. The highest BCUT2D eigenvalue weighted by molar-refractivity contribution is 7.11. The lowest BCUT2D eigenvalue weighted by Gasteiger charge is -2.24. The first-order valence-electron chi connectivity index (χ1n) is 6.49. The van der Waals surface area contributed by atoms with E-state index in [4.69, 9.17) is 9.47 Å². The predicted molar refractivity (Wildman–Crippen MR) is 81.1 cm³/mol. The molecule has 108 valence electrons. The number of rotatable bonds is 3. The van der Waals surface area contributed by atoms with E-state index >= 15 is 0 Å². The second kappa shape index (κ2) is 5.97. The van der Waals surface area contributed by atoms with Crippen molar-refractivity contribution < 1.29 is 14.3 Å². The predicted octanol–water partition coefficient (Wildman–Crippen LogP) is 2.35. The molecule has 1 N–H and O–H groups in total. The zero-order valence-corrected chi connectivity index (χ0v) is 12.2. The quantitative estimate of drug-likeness (QED) is 0.699. The number of nitrogens with zero attached hydrogens (tertiary/aromatic N) is 1. The van der Waals surface area contributed by atoms with Gasteiger partial charge in [-0.25, -0.2) is 5.43 Å². The first-order valence-corrected chi connectivity index (χ1v) is 7.37. The zero-order valence-electron chi connectivity index (χ0n) is 11.4. The molecule has 2 heterocycles. The van der Waals surface area contributed by atoms with Crippen molar-refractivity contribution in [1.82, 2.24) is 5.43 Å². The summed E-state index contributed by atoms with van der Waals surface area (Å²) in [5.41, 5.74) is 3.61. The molecule has 3 rings (SSSR count). The summed E-state index contributed by atoms with van der Waals surface area (Å²) in [4.78, 5) is 13.0. The number of thiophene rings is 1. The Kier molecular flexibility index (Phi) is 3.87. The number of aryl methyl sites for hydroxylation is 1. The minimum absolute atomic E-state index is 0.177. The highest BCUT2D eigenvalue weighted by atomic mass is 32.1. The lowest BCUT2D eigenvalue weighted by Crippen LogP contribution is -2.42. The van der Waals surface area contributed by atoms with Crippen molar-refractivity contribution in [3.8, 4) is 11.5 Å². The summed E-state index contributed by atoms with van der Waals surface area (Å²) >= 11 is 1.57. The summed E-state index contributed by atoms with van der Waals surface area (Å²) in [6.45, 7) is 2.17. The van der Waals surface area contributed by atoms with Gasteiger partial charge in [0.25, 0.3) is 5.91 Å². The Bertz CT molecular complexity index is 681. The molecule has 0 fully saturated rings. The maximum Gasteiger partial charge on any atom is 0.284 e. The fourth-order valence-electron chi connectivity index (χ4n) is 1.89. The Hall–Kier alpha value is -2.34. The normalized spacial score (nSPS) is 16.9. The third kappa shape index (κ3) is 3.05. The number of carbonyl (C=O) groups is 1. The van der Waals surface area contributed by atoms with Gasteiger partial charge in [0.15, 0.2) is 11.5 Å². The molecule has 5 nitrogen and oxygen atoms in total.